The number of hydrogen-bond donors (Lipinski definition) is 3. The lowest BCUT2D eigenvalue weighted by atomic mass is 9.99. The number of ketones is 1. The molecule has 2 aromatic carbocycles. The zero-order chi connectivity index (χ0) is 32.7. The van der Waals surface area contributed by atoms with E-state index in [-0.39, 0.29) is 57.4 Å². The molecule has 0 atom stereocenters. The van der Waals surface area contributed by atoms with Crippen LogP contribution in [0.5, 0.6) is 5.75 Å². The van der Waals surface area contributed by atoms with Gasteiger partial charge in [0.25, 0.3) is 10.0 Å². The zero-order valence-corrected chi connectivity index (χ0v) is 25.0. The molecule has 3 N–H and O–H groups in total. The third-order valence-corrected chi connectivity index (χ3v) is 8.71. The van der Waals surface area contributed by atoms with E-state index < -0.39 is 39.8 Å². The van der Waals surface area contributed by atoms with Crippen LogP contribution < -0.4 is 9.62 Å². The number of nitrogens with one attached hydrogen (secondary N) is 2. The largest absolute Gasteiger partial charge is 0.505 e. The van der Waals surface area contributed by atoms with Gasteiger partial charge in [0.05, 0.1) is 35.0 Å². The number of imidazole rings is 1. The van der Waals surface area contributed by atoms with Gasteiger partial charge in [-0.05, 0) is 35.4 Å². The standard InChI is InChI=1S/C29H27F4N7O4S/c1-4-23(41)27-26-21(37-38-27)11-20(18-10-19(30)24(42)9-17(18)12-29(31,32)33)36-28(26)34-13-16-7-5-6-8-22(16)40(3)45(43,44)25-14-39(2)15-35-25/h5-11,14-15,42H,4,12-13H2,1-3H3,(H,34,36)(H,37,38). The van der Waals surface area contributed by atoms with Gasteiger partial charge in [-0.15, -0.1) is 0 Å². The van der Waals surface area contributed by atoms with E-state index in [0.29, 0.717) is 17.3 Å². The third-order valence-electron chi connectivity index (χ3n) is 7.05. The average molecular weight is 646 g/mol. The molecule has 0 amide bonds. The van der Waals surface area contributed by atoms with Gasteiger partial charge in [-0.2, -0.15) is 26.7 Å². The Hall–Kier alpha value is -4.99. The van der Waals surface area contributed by atoms with Crippen molar-refractivity contribution in [3.8, 4) is 17.0 Å². The maximum absolute atomic E-state index is 14.5. The first kappa shape index (κ1) is 31.4. The summed E-state index contributed by atoms with van der Waals surface area (Å²) in [4.78, 5) is 21.2. The summed E-state index contributed by atoms with van der Waals surface area (Å²) in [5, 5.41) is 19.8. The third kappa shape index (κ3) is 6.31. The monoisotopic (exact) mass is 645 g/mol. The first-order chi connectivity index (χ1) is 21.2. The molecule has 0 spiro atoms. The van der Waals surface area contributed by atoms with Gasteiger partial charge in [-0.3, -0.25) is 14.2 Å². The summed E-state index contributed by atoms with van der Waals surface area (Å²) in [5.41, 5.74) is 0.305. The summed E-state index contributed by atoms with van der Waals surface area (Å²) in [5.74, 6) is -2.40. The summed E-state index contributed by atoms with van der Waals surface area (Å²) >= 11 is 0. The van der Waals surface area contributed by atoms with Crippen molar-refractivity contribution >= 4 is 38.2 Å². The first-order valence-corrected chi connectivity index (χ1v) is 14.9. The van der Waals surface area contributed by atoms with Crippen LogP contribution in [0.4, 0.5) is 29.1 Å². The Morgan fingerprint density at radius 1 is 1.16 bits per heavy atom. The molecule has 0 saturated carbocycles. The number of nitrogens with zero attached hydrogens (tertiary/aromatic N) is 5. The summed E-state index contributed by atoms with van der Waals surface area (Å²) in [6.45, 7) is 1.59. The second-order valence-corrected chi connectivity index (χ2v) is 12.1. The molecule has 236 valence electrons. The molecule has 5 rings (SSSR count). The lowest BCUT2D eigenvalue weighted by Crippen LogP contribution is -2.28. The number of H-pyrrole nitrogens is 1. The number of aromatic hydroxyl groups is 1. The number of fused-ring (bicyclic) bond motifs is 1. The number of benzene rings is 2. The Morgan fingerprint density at radius 2 is 1.89 bits per heavy atom. The van der Waals surface area contributed by atoms with Crippen LogP contribution in [0.25, 0.3) is 22.2 Å². The summed E-state index contributed by atoms with van der Waals surface area (Å²) in [7, 11) is -1.04. The second-order valence-electron chi connectivity index (χ2n) is 10.2. The smallest absolute Gasteiger partial charge is 0.393 e. The van der Waals surface area contributed by atoms with E-state index in [9.17, 15) is 35.9 Å². The fourth-order valence-electron chi connectivity index (χ4n) is 4.82. The van der Waals surface area contributed by atoms with Gasteiger partial charge in [-0.1, -0.05) is 25.1 Å². The Morgan fingerprint density at radius 3 is 2.56 bits per heavy atom. The number of pyridine rings is 1. The Bertz CT molecular complexity index is 2020. The number of anilines is 2. The summed E-state index contributed by atoms with van der Waals surface area (Å²) < 4.78 is 83.9. The number of hydrogen-bond acceptors (Lipinski definition) is 8. The predicted molar refractivity (Wildman–Crippen MR) is 158 cm³/mol. The van der Waals surface area contributed by atoms with Crippen molar-refractivity contribution in [2.45, 2.75) is 37.5 Å². The number of Topliss-reactive ketones (excluding diaryl/α,β-unsaturated/α-hetero) is 1. The van der Waals surface area contributed by atoms with Gasteiger partial charge in [0, 0.05) is 38.8 Å². The number of para-hydroxylation sites is 1. The molecule has 0 aliphatic heterocycles. The molecule has 5 aromatic rings. The fraction of sp³-hybridized carbons (Fsp3) is 0.241. The minimum absolute atomic E-state index is 0.0320. The van der Waals surface area contributed by atoms with Crippen LogP contribution in [0.2, 0.25) is 0 Å². The van der Waals surface area contributed by atoms with Gasteiger partial charge in [0.2, 0.25) is 0 Å². The Kier molecular flexibility index (Phi) is 8.27. The highest BCUT2D eigenvalue weighted by Gasteiger charge is 2.31. The van der Waals surface area contributed by atoms with Crippen molar-refractivity contribution in [1.82, 2.24) is 24.7 Å². The number of carbonyl (C=O) groups excluding carboxylic acids is 1. The van der Waals surface area contributed by atoms with E-state index in [4.69, 9.17) is 0 Å². The van der Waals surface area contributed by atoms with Crippen LogP contribution in [-0.2, 0) is 30.0 Å². The molecule has 11 nitrogen and oxygen atoms in total. The topological polar surface area (TPSA) is 146 Å². The lowest BCUT2D eigenvalue weighted by Gasteiger charge is -2.22. The van der Waals surface area contributed by atoms with E-state index >= 15 is 0 Å². The molecule has 3 heterocycles. The summed E-state index contributed by atoms with van der Waals surface area (Å²) in [6, 6.07) is 9.39. The second kappa shape index (κ2) is 11.8. The fourth-order valence-corrected chi connectivity index (χ4v) is 6.02. The molecule has 0 unspecified atom stereocenters. The lowest BCUT2D eigenvalue weighted by molar-refractivity contribution is -0.127. The van der Waals surface area contributed by atoms with Crippen molar-refractivity contribution in [1.29, 1.82) is 0 Å². The average Bonchev–Trinajstić information content (AvgIpc) is 3.63. The molecule has 0 radical (unpaired) electrons. The highest BCUT2D eigenvalue weighted by molar-refractivity contribution is 7.92. The minimum Gasteiger partial charge on any atom is -0.505 e. The van der Waals surface area contributed by atoms with Gasteiger partial charge in [0.15, 0.2) is 22.4 Å². The summed E-state index contributed by atoms with van der Waals surface area (Å²) in [6.07, 6.45) is -3.32. The number of rotatable bonds is 10. The number of phenols is 1. The minimum atomic E-state index is -4.68. The van der Waals surface area contributed by atoms with Crippen molar-refractivity contribution in [3.05, 3.63) is 77.6 Å². The molecule has 3 aromatic heterocycles. The van der Waals surface area contributed by atoms with E-state index in [1.54, 1.807) is 38.2 Å². The van der Waals surface area contributed by atoms with Crippen LogP contribution in [0, 0.1) is 5.82 Å². The van der Waals surface area contributed by atoms with Gasteiger partial charge >= 0.3 is 6.18 Å². The molecule has 45 heavy (non-hydrogen) atoms. The quantitative estimate of drug-likeness (QED) is 0.136. The molecule has 0 aliphatic carbocycles. The van der Waals surface area contributed by atoms with Crippen LogP contribution in [0.15, 0.2) is 60.0 Å². The number of halogens is 4. The highest BCUT2D eigenvalue weighted by atomic mass is 32.2. The first-order valence-electron chi connectivity index (χ1n) is 13.5. The molecule has 0 fully saturated rings. The van der Waals surface area contributed by atoms with Crippen LogP contribution in [-0.4, -0.2) is 57.3 Å². The molecule has 16 heteroatoms. The molecule has 0 aliphatic rings. The normalized spacial score (nSPS) is 12.1. The molecular weight excluding hydrogens is 618 g/mol. The maximum Gasteiger partial charge on any atom is 0.393 e. The number of aryl methyl sites for hydroxylation is 1. The van der Waals surface area contributed by atoms with Crippen molar-refractivity contribution in [2.75, 3.05) is 16.7 Å². The number of sulfonamides is 1. The Balaban J connectivity index is 1.60. The van der Waals surface area contributed by atoms with Gasteiger partial charge < -0.3 is 15.0 Å². The number of aromatic nitrogens is 5. The van der Waals surface area contributed by atoms with Crippen LogP contribution in [0.1, 0.15) is 35.0 Å². The number of aromatic amines is 1. The number of phenolic OH excluding ortho intramolecular Hbond substituents is 1. The van der Waals surface area contributed by atoms with Crippen molar-refractivity contribution < 1.29 is 35.9 Å². The Labute approximate surface area is 254 Å². The van der Waals surface area contributed by atoms with E-state index in [1.807, 2.05) is 0 Å². The van der Waals surface area contributed by atoms with Gasteiger partial charge in [0.1, 0.15) is 11.5 Å². The van der Waals surface area contributed by atoms with Crippen molar-refractivity contribution in [2.24, 2.45) is 7.05 Å². The maximum atomic E-state index is 14.5. The van der Waals surface area contributed by atoms with Crippen LogP contribution >= 0.6 is 0 Å². The van der Waals surface area contributed by atoms with Gasteiger partial charge in [-0.25, -0.2) is 14.4 Å². The van der Waals surface area contributed by atoms with E-state index in [1.165, 1.54) is 30.2 Å². The van der Waals surface area contributed by atoms with E-state index in [0.717, 1.165) is 10.4 Å². The van der Waals surface area contributed by atoms with Crippen molar-refractivity contribution in [3.63, 3.8) is 0 Å². The SMILES string of the molecule is CCC(=O)c1n[nH]c2cc(-c3cc(F)c(O)cc3CC(F)(F)F)nc(NCc3ccccc3N(C)S(=O)(=O)c3cn(C)cn3)c12. The van der Waals surface area contributed by atoms with E-state index in [2.05, 4.69) is 25.5 Å². The highest BCUT2D eigenvalue weighted by Crippen LogP contribution is 2.36. The zero-order valence-electron chi connectivity index (χ0n) is 24.1. The van der Waals surface area contributed by atoms with Crippen LogP contribution in [0.3, 0.4) is 0 Å². The molecule has 0 bridgehead atoms. The predicted octanol–water partition coefficient (Wildman–Crippen LogP) is 5.34. The number of carbonyl (C=O) groups is 1. The molecular formula is C29H27F4N7O4S. The number of alkyl halides is 3. The molecule has 0 saturated heterocycles.